The molecule has 2 aromatic carbocycles. The Bertz CT molecular complexity index is 1090. The zero-order valence-corrected chi connectivity index (χ0v) is 18.2. The largest absolute Gasteiger partial charge is 0.342 e. The Balaban J connectivity index is 1.07. The number of rotatable bonds is 6. The molecule has 2 N–H and O–H groups in total. The summed E-state index contributed by atoms with van der Waals surface area (Å²) >= 11 is 0. The number of amides is 3. The molecule has 3 amide bonds. The van der Waals surface area contributed by atoms with E-state index < -0.39 is 0 Å². The van der Waals surface area contributed by atoms with E-state index in [1.807, 2.05) is 29.4 Å². The summed E-state index contributed by atoms with van der Waals surface area (Å²) in [6.45, 7) is 2.73. The Hall–Kier alpha value is -3.35. The first-order chi connectivity index (χ1) is 15.7. The Kier molecular flexibility index (Phi) is 5.79. The number of hydrogen-bond acceptors (Lipinski definition) is 3. The smallest absolute Gasteiger partial charge is 0.315 e. The number of para-hydroxylation sites is 2. The minimum absolute atomic E-state index is 0.130. The highest BCUT2D eigenvalue weighted by Gasteiger charge is 2.35. The van der Waals surface area contributed by atoms with Crippen LogP contribution in [0.3, 0.4) is 0 Å². The normalized spacial score (nSPS) is 16.8. The molecule has 0 radical (unpaired) electrons. The number of nitrogens with one attached hydrogen (secondary N) is 2. The van der Waals surface area contributed by atoms with Gasteiger partial charge in [-0.15, -0.1) is 0 Å². The quantitative estimate of drug-likeness (QED) is 0.629. The Labute approximate surface area is 187 Å². The highest BCUT2D eigenvalue weighted by Crippen LogP contribution is 2.31. The van der Waals surface area contributed by atoms with Crippen molar-refractivity contribution in [1.29, 1.82) is 0 Å². The van der Waals surface area contributed by atoms with Crippen LogP contribution in [0.5, 0.6) is 0 Å². The predicted octanol–water partition coefficient (Wildman–Crippen LogP) is 3.28. The SMILES string of the molecule is O=C(NCc1ccc(Cn2cnc3ccccc32)cc1)NC1CCN(C(=O)C2CC2)CC1. The van der Waals surface area contributed by atoms with Gasteiger partial charge in [0.15, 0.2) is 0 Å². The Morgan fingerprint density at radius 1 is 0.938 bits per heavy atom. The van der Waals surface area contributed by atoms with Crippen LogP contribution in [0.1, 0.15) is 36.8 Å². The maximum Gasteiger partial charge on any atom is 0.315 e. The Morgan fingerprint density at radius 2 is 1.66 bits per heavy atom. The second-order valence-corrected chi connectivity index (χ2v) is 8.88. The molecule has 2 heterocycles. The van der Waals surface area contributed by atoms with E-state index in [2.05, 4.69) is 50.5 Å². The van der Waals surface area contributed by atoms with E-state index in [0.29, 0.717) is 12.5 Å². The summed E-state index contributed by atoms with van der Waals surface area (Å²) in [5, 5.41) is 6.01. The number of piperidine rings is 1. The number of urea groups is 1. The van der Waals surface area contributed by atoms with E-state index in [-0.39, 0.29) is 18.0 Å². The van der Waals surface area contributed by atoms with E-state index in [0.717, 1.165) is 61.9 Å². The van der Waals surface area contributed by atoms with Crippen molar-refractivity contribution >= 4 is 23.0 Å². The van der Waals surface area contributed by atoms with Gasteiger partial charge in [0.2, 0.25) is 5.91 Å². The number of benzene rings is 2. The van der Waals surface area contributed by atoms with Crippen LogP contribution in [0.25, 0.3) is 11.0 Å². The van der Waals surface area contributed by atoms with Crippen LogP contribution in [0.15, 0.2) is 54.9 Å². The van der Waals surface area contributed by atoms with Gasteiger partial charge in [-0.2, -0.15) is 0 Å². The third-order valence-electron chi connectivity index (χ3n) is 6.42. The molecule has 1 saturated heterocycles. The molecular formula is C25H29N5O2. The molecule has 3 aromatic rings. The van der Waals surface area contributed by atoms with E-state index >= 15 is 0 Å². The minimum atomic E-state index is -0.147. The van der Waals surface area contributed by atoms with Crippen molar-refractivity contribution in [3.63, 3.8) is 0 Å². The third kappa shape index (κ3) is 4.77. The van der Waals surface area contributed by atoms with Gasteiger partial charge < -0.3 is 20.1 Å². The highest BCUT2D eigenvalue weighted by atomic mass is 16.2. The predicted molar refractivity (Wildman–Crippen MR) is 123 cm³/mol. The highest BCUT2D eigenvalue weighted by molar-refractivity contribution is 5.81. The van der Waals surface area contributed by atoms with Crippen LogP contribution in [-0.2, 0) is 17.9 Å². The number of imidazole rings is 1. The van der Waals surface area contributed by atoms with Gasteiger partial charge in [-0.05, 0) is 48.9 Å². The molecule has 5 rings (SSSR count). The summed E-state index contributed by atoms with van der Waals surface area (Å²) in [5.74, 6) is 0.575. The van der Waals surface area contributed by atoms with Crippen molar-refractivity contribution in [2.75, 3.05) is 13.1 Å². The van der Waals surface area contributed by atoms with Crippen molar-refractivity contribution in [1.82, 2.24) is 25.1 Å². The zero-order chi connectivity index (χ0) is 21.9. The molecule has 0 spiro atoms. The van der Waals surface area contributed by atoms with Crippen molar-refractivity contribution < 1.29 is 9.59 Å². The van der Waals surface area contributed by atoms with E-state index in [1.165, 1.54) is 5.56 Å². The first-order valence-electron chi connectivity index (χ1n) is 11.5. The fraction of sp³-hybridized carbons (Fsp3) is 0.400. The third-order valence-corrected chi connectivity index (χ3v) is 6.42. The molecule has 1 aliphatic carbocycles. The minimum Gasteiger partial charge on any atom is -0.342 e. The van der Waals surface area contributed by atoms with Crippen LogP contribution in [0.4, 0.5) is 4.79 Å². The van der Waals surface area contributed by atoms with Gasteiger partial charge in [-0.1, -0.05) is 36.4 Å². The summed E-state index contributed by atoms with van der Waals surface area (Å²) in [6, 6.07) is 16.4. The van der Waals surface area contributed by atoms with Gasteiger partial charge >= 0.3 is 6.03 Å². The van der Waals surface area contributed by atoms with Crippen LogP contribution >= 0.6 is 0 Å². The van der Waals surface area contributed by atoms with E-state index in [4.69, 9.17) is 0 Å². The summed E-state index contributed by atoms with van der Waals surface area (Å²) in [6.07, 6.45) is 5.60. The summed E-state index contributed by atoms with van der Waals surface area (Å²) in [7, 11) is 0. The molecule has 2 fully saturated rings. The monoisotopic (exact) mass is 431 g/mol. The average molecular weight is 432 g/mol. The molecule has 0 atom stereocenters. The topological polar surface area (TPSA) is 79.3 Å². The lowest BCUT2D eigenvalue weighted by Crippen LogP contribution is -2.49. The van der Waals surface area contributed by atoms with Crippen molar-refractivity contribution in [3.05, 3.63) is 66.0 Å². The zero-order valence-electron chi connectivity index (χ0n) is 18.2. The summed E-state index contributed by atoms with van der Waals surface area (Å²) in [4.78, 5) is 30.9. The van der Waals surface area contributed by atoms with Crippen LogP contribution in [-0.4, -0.2) is 45.5 Å². The number of carbonyl (C=O) groups is 2. The second kappa shape index (κ2) is 9.02. The van der Waals surface area contributed by atoms with Crippen molar-refractivity contribution in [2.45, 2.75) is 44.8 Å². The average Bonchev–Trinajstić information content (AvgIpc) is 3.60. The first-order valence-corrected chi connectivity index (χ1v) is 11.5. The lowest BCUT2D eigenvalue weighted by molar-refractivity contribution is -0.133. The van der Waals surface area contributed by atoms with Crippen molar-refractivity contribution in [3.8, 4) is 0 Å². The molecule has 1 aliphatic heterocycles. The molecule has 2 aliphatic rings. The van der Waals surface area contributed by atoms with Gasteiger partial charge in [0.1, 0.15) is 0 Å². The van der Waals surface area contributed by atoms with Gasteiger partial charge in [0.25, 0.3) is 0 Å². The van der Waals surface area contributed by atoms with E-state index in [9.17, 15) is 9.59 Å². The second-order valence-electron chi connectivity index (χ2n) is 8.88. The molecule has 0 unspecified atom stereocenters. The fourth-order valence-corrected chi connectivity index (χ4v) is 4.35. The summed E-state index contributed by atoms with van der Waals surface area (Å²) < 4.78 is 2.14. The van der Waals surface area contributed by atoms with Gasteiger partial charge in [-0.3, -0.25) is 4.79 Å². The number of aromatic nitrogens is 2. The molecule has 1 aromatic heterocycles. The van der Waals surface area contributed by atoms with Gasteiger partial charge in [-0.25, -0.2) is 9.78 Å². The molecule has 166 valence electrons. The van der Waals surface area contributed by atoms with E-state index in [1.54, 1.807) is 0 Å². The van der Waals surface area contributed by atoms with Crippen molar-refractivity contribution in [2.24, 2.45) is 5.92 Å². The maximum atomic E-state index is 12.3. The molecule has 0 bridgehead atoms. The molecular weight excluding hydrogens is 402 g/mol. The summed E-state index contributed by atoms with van der Waals surface area (Å²) in [5.41, 5.74) is 4.37. The fourth-order valence-electron chi connectivity index (χ4n) is 4.35. The van der Waals surface area contributed by atoms with Gasteiger partial charge in [0.05, 0.1) is 17.4 Å². The molecule has 32 heavy (non-hydrogen) atoms. The maximum absolute atomic E-state index is 12.3. The first kappa shape index (κ1) is 20.5. The number of nitrogens with zero attached hydrogens (tertiary/aromatic N) is 3. The standard InChI is InChI=1S/C25H29N5O2/c31-24(20-9-10-20)29-13-11-21(12-14-29)28-25(32)26-15-18-5-7-19(8-6-18)16-30-17-27-22-3-1-2-4-23(22)30/h1-8,17,20-21H,9-16H2,(H2,26,28,32). The number of fused-ring (bicyclic) bond motifs is 1. The lowest BCUT2D eigenvalue weighted by Gasteiger charge is -2.32. The van der Waals surface area contributed by atoms with Gasteiger partial charge in [0, 0.05) is 38.1 Å². The number of likely N-dealkylation sites (tertiary alicyclic amines) is 1. The van der Waals surface area contributed by atoms with Crippen LogP contribution in [0.2, 0.25) is 0 Å². The molecule has 7 heteroatoms. The molecule has 1 saturated carbocycles. The molecule has 7 nitrogen and oxygen atoms in total. The van der Waals surface area contributed by atoms with Crippen LogP contribution in [0, 0.1) is 5.92 Å². The lowest BCUT2D eigenvalue weighted by atomic mass is 10.0. The van der Waals surface area contributed by atoms with Crippen LogP contribution < -0.4 is 10.6 Å². The Morgan fingerprint density at radius 3 is 2.41 bits per heavy atom. The number of hydrogen-bond donors (Lipinski definition) is 2. The number of carbonyl (C=O) groups excluding carboxylic acids is 2.